The van der Waals surface area contributed by atoms with E-state index < -0.39 is 18.0 Å². The second kappa shape index (κ2) is 6.56. The fourth-order valence-corrected chi connectivity index (χ4v) is 2.01. The Balaban J connectivity index is 2.41. The number of ketones is 1. The van der Waals surface area contributed by atoms with Gasteiger partial charge in [0.25, 0.3) is 0 Å². The molecule has 0 radical (unpaired) electrons. The van der Waals surface area contributed by atoms with Crippen molar-refractivity contribution in [3.05, 3.63) is 65.7 Å². The quantitative estimate of drug-likeness (QED) is 0.857. The Kier molecular flexibility index (Phi) is 4.56. The lowest BCUT2D eigenvalue weighted by Gasteiger charge is -2.17. The van der Waals surface area contributed by atoms with Gasteiger partial charge in [-0.25, -0.2) is 4.79 Å². The predicted molar refractivity (Wildman–Crippen MR) is 77.2 cm³/mol. The van der Waals surface area contributed by atoms with Crippen molar-refractivity contribution in [2.75, 3.05) is 7.11 Å². The first kappa shape index (κ1) is 14.6. The second-order valence-electron chi connectivity index (χ2n) is 4.29. The Hall–Kier alpha value is -2.82. The zero-order valence-electron chi connectivity index (χ0n) is 11.5. The summed E-state index contributed by atoms with van der Waals surface area (Å²) >= 11 is 0. The van der Waals surface area contributed by atoms with Crippen molar-refractivity contribution in [2.45, 2.75) is 6.10 Å². The standard InChI is InChI=1S/C16H15NO4/c1-20-13-10-6-5-9-12(13)14(18)15(21-16(17)19)11-7-3-2-4-8-11/h2-10,15H,1H3,(H2,17,19). The summed E-state index contributed by atoms with van der Waals surface area (Å²) in [7, 11) is 1.47. The van der Waals surface area contributed by atoms with Crippen molar-refractivity contribution in [2.24, 2.45) is 5.73 Å². The van der Waals surface area contributed by atoms with E-state index >= 15 is 0 Å². The van der Waals surface area contributed by atoms with Crippen LogP contribution in [0.15, 0.2) is 54.6 Å². The molecule has 108 valence electrons. The lowest BCUT2D eigenvalue weighted by atomic mass is 9.99. The van der Waals surface area contributed by atoms with E-state index in [1.165, 1.54) is 7.11 Å². The van der Waals surface area contributed by atoms with Crippen molar-refractivity contribution < 1.29 is 19.1 Å². The molecule has 0 bridgehead atoms. The molecule has 0 aromatic heterocycles. The van der Waals surface area contributed by atoms with E-state index in [2.05, 4.69) is 0 Å². The zero-order valence-corrected chi connectivity index (χ0v) is 11.5. The maximum absolute atomic E-state index is 12.6. The van der Waals surface area contributed by atoms with Crippen LogP contribution in [0.2, 0.25) is 0 Å². The third-order valence-electron chi connectivity index (χ3n) is 2.95. The number of benzene rings is 2. The highest BCUT2D eigenvalue weighted by molar-refractivity contribution is 6.03. The van der Waals surface area contributed by atoms with Crippen molar-refractivity contribution >= 4 is 11.9 Å². The highest BCUT2D eigenvalue weighted by Gasteiger charge is 2.27. The Labute approximate surface area is 122 Å². The molecular weight excluding hydrogens is 270 g/mol. The van der Waals surface area contributed by atoms with Gasteiger partial charge in [-0.2, -0.15) is 0 Å². The summed E-state index contributed by atoms with van der Waals surface area (Å²) < 4.78 is 10.2. The molecule has 1 amide bonds. The van der Waals surface area contributed by atoms with Crippen molar-refractivity contribution in [1.29, 1.82) is 0 Å². The minimum Gasteiger partial charge on any atom is -0.496 e. The van der Waals surface area contributed by atoms with Crippen LogP contribution in [0.5, 0.6) is 5.75 Å². The van der Waals surface area contributed by atoms with E-state index in [1.807, 2.05) is 0 Å². The summed E-state index contributed by atoms with van der Waals surface area (Å²) in [6, 6.07) is 15.4. The van der Waals surface area contributed by atoms with E-state index in [9.17, 15) is 9.59 Å². The highest BCUT2D eigenvalue weighted by Crippen LogP contribution is 2.27. The minimum absolute atomic E-state index is 0.329. The molecule has 2 aromatic carbocycles. The van der Waals surface area contributed by atoms with Crippen LogP contribution >= 0.6 is 0 Å². The lowest BCUT2D eigenvalue weighted by Crippen LogP contribution is -2.24. The maximum Gasteiger partial charge on any atom is 0.405 e. The number of hydrogen-bond donors (Lipinski definition) is 1. The number of carbonyl (C=O) groups excluding carboxylic acids is 2. The molecule has 2 aromatic rings. The molecule has 0 aliphatic heterocycles. The monoisotopic (exact) mass is 285 g/mol. The van der Waals surface area contributed by atoms with Gasteiger partial charge >= 0.3 is 6.09 Å². The van der Waals surface area contributed by atoms with E-state index in [-0.39, 0.29) is 0 Å². The van der Waals surface area contributed by atoms with Crippen LogP contribution < -0.4 is 10.5 Å². The van der Waals surface area contributed by atoms with Crippen LogP contribution in [-0.2, 0) is 4.74 Å². The van der Waals surface area contributed by atoms with Gasteiger partial charge in [0, 0.05) is 5.56 Å². The first-order valence-corrected chi connectivity index (χ1v) is 6.31. The van der Waals surface area contributed by atoms with E-state index in [0.29, 0.717) is 16.9 Å². The average molecular weight is 285 g/mol. The molecule has 1 unspecified atom stereocenters. The highest BCUT2D eigenvalue weighted by atomic mass is 16.6. The number of rotatable bonds is 5. The molecule has 0 spiro atoms. The number of Topliss-reactive ketones (excluding diaryl/α,β-unsaturated/α-hetero) is 1. The van der Waals surface area contributed by atoms with Crippen LogP contribution in [0.1, 0.15) is 22.0 Å². The summed E-state index contributed by atoms with van der Waals surface area (Å²) in [5.74, 6) is 0.0222. The van der Waals surface area contributed by atoms with Gasteiger partial charge in [-0.05, 0) is 12.1 Å². The third-order valence-corrected chi connectivity index (χ3v) is 2.95. The molecule has 0 heterocycles. The molecule has 1 atom stereocenters. The van der Waals surface area contributed by atoms with Gasteiger partial charge in [-0.1, -0.05) is 42.5 Å². The maximum atomic E-state index is 12.6. The molecule has 21 heavy (non-hydrogen) atoms. The van der Waals surface area contributed by atoms with Crippen molar-refractivity contribution in [3.63, 3.8) is 0 Å². The zero-order chi connectivity index (χ0) is 15.2. The molecule has 5 heteroatoms. The number of hydrogen-bond acceptors (Lipinski definition) is 4. The lowest BCUT2D eigenvalue weighted by molar-refractivity contribution is 0.0651. The SMILES string of the molecule is COc1ccccc1C(=O)C(OC(N)=O)c1ccccc1. The summed E-state index contributed by atoms with van der Waals surface area (Å²) in [5, 5.41) is 0. The number of carbonyl (C=O) groups is 2. The van der Waals surface area contributed by atoms with Crippen LogP contribution in [-0.4, -0.2) is 19.0 Å². The van der Waals surface area contributed by atoms with Crippen molar-refractivity contribution in [1.82, 2.24) is 0 Å². The van der Waals surface area contributed by atoms with Crippen LogP contribution in [0.3, 0.4) is 0 Å². The summed E-state index contributed by atoms with van der Waals surface area (Å²) in [4.78, 5) is 23.7. The summed E-state index contributed by atoms with van der Waals surface area (Å²) in [6.45, 7) is 0. The van der Waals surface area contributed by atoms with Crippen LogP contribution in [0.4, 0.5) is 4.79 Å². The van der Waals surface area contributed by atoms with Crippen LogP contribution in [0, 0.1) is 0 Å². The molecule has 5 nitrogen and oxygen atoms in total. The van der Waals surface area contributed by atoms with E-state index in [1.54, 1.807) is 54.6 Å². The van der Waals surface area contributed by atoms with Gasteiger partial charge in [0.2, 0.25) is 5.78 Å². The molecule has 0 aliphatic carbocycles. The first-order valence-electron chi connectivity index (χ1n) is 6.31. The molecule has 2 N–H and O–H groups in total. The Bertz CT molecular complexity index is 640. The predicted octanol–water partition coefficient (Wildman–Crippen LogP) is 2.71. The fourth-order valence-electron chi connectivity index (χ4n) is 2.01. The topological polar surface area (TPSA) is 78.6 Å². The normalized spacial score (nSPS) is 11.5. The van der Waals surface area contributed by atoms with Gasteiger partial charge in [-0.15, -0.1) is 0 Å². The van der Waals surface area contributed by atoms with Gasteiger partial charge in [0.05, 0.1) is 12.7 Å². The van der Waals surface area contributed by atoms with E-state index in [0.717, 1.165) is 0 Å². The number of methoxy groups -OCH3 is 1. The second-order valence-corrected chi connectivity index (χ2v) is 4.29. The van der Waals surface area contributed by atoms with Gasteiger partial charge < -0.3 is 15.2 Å². The largest absolute Gasteiger partial charge is 0.496 e. The number of para-hydroxylation sites is 1. The molecule has 0 saturated carbocycles. The molecular formula is C16H15NO4. The average Bonchev–Trinajstić information content (AvgIpc) is 2.52. The molecule has 2 rings (SSSR count). The Morgan fingerprint density at radius 1 is 1.00 bits per heavy atom. The minimum atomic E-state index is -1.10. The Morgan fingerprint density at radius 3 is 2.24 bits per heavy atom. The van der Waals surface area contributed by atoms with Gasteiger partial charge in [0.1, 0.15) is 5.75 Å². The molecule has 0 saturated heterocycles. The number of nitrogens with two attached hydrogens (primary N) is 1. The van der Waals surface area contributed by atoms with Gasteiger partial charge in [-0.3, -0.25) is 4.79 Å². The summed E-state index contributed by atoms with van der Waals surface area (Å²) in [6.07, 6.45) is -2.10. The summed E-state index contributed by atoms with van der Waals surface area (Å²) in [5.41, 5.74) is 5.95. The third kappa shape index (κ3) is 3.39. The first-order chi connectivity index (χ1) is 10.1. The fraction of sp³-hybridized carbons (Fsp3) is 0.125. The van der Waals surface area contributed by atoms with E-state index in [4.69, 9.17) is 15.2 Å². The van der Waals surface area contributed by atoms with Crippen molar-refractivity contribution in [3.8, 4) is 5.75 Å². The Morgan fingerprint density at radius 2 is 1.62 bits per heavy atom. The smallest absolute Gasteiger partial charge is 0.405 e. The van der Waals surface area contributed by atoms with Gasteiger partial charge in [0.15, 0.2) is 6.10 Å². The number of primary amides is 1. The van der Waals surface area contributed by atoms with Crippen LogP contribution in [0.25, 0.3) is 0 Å². The molecule has 0 fully saturated rings. The molecule has 0 aliphatic rings. The number of ether oxygens (including phenoxy) is 2. The number of amides is 1.